The number of benzene rings is 1. The Morgan fingerprint density at radius 3 is 2.88 bits per heavy atom. The van der Waals surface area contributed by atoms with Crippen LogP contribution in [0.25, 0.3) is 0 Å². The van der Waals surface area contributed by atoms with E-state index >= 15 is 0 Å². The number of ether oxygens (including phenoxy) is 3. The molecule has 2 fully saturated rings. The Labute approximate surface area is 152 Å². The van der Waals surface area contributed by atoms with Crippen molar-refractivity contribution in [2.45, 2.75) is 25.6 Å². The lowest BCUT2D eigenvalue weighted by Crippen LogP contribution is -2.40. The third-order valence-corrected chi connectivity index (χ3v) is 5.31. The standard InChI is InChI=1S/C20H23NO5/c1-12(2)10-25-19(23)16-15-8-9-20(26-15)11-21(18(22)17(16)20)13-6-4-5-7-14(13)24-3/h4-9,12,15-17H,10-11H2,1-3H3/t15-,16-,17+,20-/m1/s1. The molecular formula is C20H23NO5. The van der Waals surface area contributed by atoms with Crippen LogP contribution in [0.4, 0.5) is 5.69 Å². The molecule has 1 aromatic carbocycles. The summed E-state index contributed by atoms with van der Waals surface area (Å²) in [5.41, 5.74) is -0.0667. The number of anilines is 1. The highest BCUT2D eigenvalue weighted by atomic mass is 16.6. The van der Waals surface area contributed by atoms with Crippen molar-refractivity contribution >= 4 is 17.6 Å². The zero-order valence-electron chi connectivity index (χ0n) is 15.2. The molecule has 6 nitrogen and oxygen atoms in total. The lowest BCUT2D eigenvalue weighted by atomic mass is 9.77. The van der Waals surface area contributed by atoms with Crippen LogP contribution in [0, 0.1) is 17.8 Å². The number of nitrogens with zero attached hydrogens (tertiary/aromatic N) is 1. The van der Waals surface area contributed by atoms with Gasteiger partial charge in [0, 0.05) is 0 Å². The number of rotatable bonds is 5. The first-order valence-electron chi connectivity index (χ1n) is 8.95. The van der Waals surface area contributed by atoms with Crippen molar-refractivity contribution in [2.24, 2.45) is 17.8 Å². The first kappa shape index (κ1) is 17.1. The number of hydrogen-bond donors (Lipinski definition) is 0. The predicted molar refractivity (Wildman–Crippen MR) is 94.9 cm³/mol. The maximum atomic E-state index is 13.2. The molecule has 3 aliphatic heterocycles. The Bertz CT molecular complexity index is 773. The first-order valence-corrected chi connectivity index (χ1v) is 8.95. The molecule has 0 aromatic heterocycles. The van der Waals surface area contributed by atoms with Gasteiger partial charge < -0.3 is 19.1 Å². The fraction of sp³-hybridized carbons (Fsp3) is 0.500. The van der Waals surface area contributed by atoms with Crippen LogP contribution in [0.15, 0.2) is 36.4 Å². The molecule has 1 spiro atoms. The van der Waals surface area contributed by atoms with E-state index < -0.39 is 17.4 Å². The van der Waals surface area contributed by atoms with E-state index in [-0.39, 0.29) is 23.9 Å². The molecule has 2 bridgehead atoms. The van der Waals surface area contributed by atoms with Gasteiger partial charge in [-0.25, -0.2) is 0 Å². The van der Waals surface area contributed by atoms with Gasteiger partial charge in [-0.1, -0.05) is 38.1 Å². The molecule has 2 saturated heterocycles. The van der Waals surface area contributed by atoms with E-state index in [0.717, 1.165) is 0 Å². The molecule has 3 aliphatic rings. The molecule has 0 N–H and O–H groups in total. The van der Waals surface area contributed by atoms with E-state index in [1.807, 2.05) is 50.3 Å². The highest BCUT2D eigenvalue weighted by Gasteiger charge is 2.67. The third kappa shape index (κ3) is 2.43. The first-order chi connectivity index (χ1) is 12.5. The van der Waals surface area contributed by atoms with Crippen molar-refractivity contribution in [3.63, 3.8) is 0 Å². The molecule has 3 heterocycles. The van der Waals surface area contributed by atoms with Crippen molar-refractivity contribution in [3.8, 4) is 5.75 Å². The Kier molecular flexibility index (Phi) is 4.03. The molecule has 0 radical (unpaired) electrons. The van der Waals surface area contributed by atoms with Crippen molar-refractivity contribution in [3.05, 3.63) is 36.4 Å². The molecule has 138 valence electrons. The second kappa shape index (κ2) is 6.13. The van der Waals surface area contributed by atoms with Crippen molar-refractivity contribution < 1.29 is 23.8 Å². The van der Waals surface area contributed by atoms with Crippen LogP contribution in [0.1, 0.15) is 13.8 Å². The normalized spacial score (nSPS) is 31.6. The number of amides is 1. The number of carbonyl (C=O) groups excluding carboxylic acids is 2. The summed E-state index contributed by atoms with van der Waals surface area (Å²) in [4.78, 5) is 27.6. The van der Waals surface area contributed by atoms with Gasteiger partial charge in [0.1, 0.15) is 17.3 Å². The van der Waals surface area contributed by atoms with Crippen LogP contribution in [-0.4, -0.2) is 43.8 Å². The van der Waals surface area contributed by atoms with Crippen LogP contribution in [0.5, 0.6) is 5.75 Å². The van der Waals surface area contributed by atoms with Gasteiger partial charge in [0.15, 0.2) is 0 Å². The van der Waals surface area contributed by atoms with Crippen molar-refractivity contribution in [1.82, 2.24) is 0 Å². The van der Waals surface area contributed by atoms with Gasteiger partial charge in [-0.3, -0.25) is 9.59 Å². The second-order valence-corrected chi connectivity index (χ2v) is 7.52. The quantitative estimate of drug-likeness (QED) is 0.597. The summed E-state index contributed by atoms with van der Waals surface area (Å²) in [5, 5.41) is 0. The average Bonchev–Trinajstić information content (AvgIpc) is 3.28. The molecular weight excluding hydrogens is 334 g/mol. The Morgan fingerprint density at radius 2 is 2.15 bits per heavy atom. The number of fused-ring (bicyclic) bond motifs is 1. The van der Waals surface area contributed by atoms with Gasteiger partial charge >= 0.3 is 5.97 Å². The van der Waals surface area contributed by atoms with E-state index in [2.05, 4.69) is 0 Å². The molecule has 0 aliphatic carbocycles. The zero-order valence-corrected chi connectivity index (χ0v) is 15.2. The van der Waals surface area contributed by atoms with Crippen molar-refractivity contribution in [1.29, 1.82) is 0 Å². The summed E-state index contributed by atoms with van der Waals surface area (Å²) in [5.74, 6) is -0.752. The maximum absolute atomic E-state index is 13.2. The minimum Gasteiger partial charge on any atom is -0.495 e. The largest absolute Gasteiger partial charge is 0.495 e. The topological polar surface area (TPSA) is 65.1 Å². The molecule has 26 heavy (non-hydrogen) atoms. The van der Waals surface area contributed by atoms with Gasteiger partial charge in [-0.2, -0.15) is 0 Å². The Hall–Kier alpha value is -2.34. The molecule has 6 heteroatoms. The number of hydrogen-bond acceptors (Lipinski definition) is 5. The lowest BCUT2D eigenvalue weighted by Gasteiger charge is -2.23. The van der Waals surface area contributed by atoms with Crippen LogP contribution in [0.3, 0.4) is 0 Å². The van der Waals surface area contributed by atoms with Crippen molar-refractivity contribution in [2.75, 3.05) is 25.2 Å². The summed E-state index contributed by atoms with van der Waals surface area (Å²) in [7, 11) is 1.58. The van der Waals surface area contributed by atoms with Crippen LogP contribution in [0.2, 0.25) is 0 Å². The zero-order chi connectivity index (χ0) is 18.5. The average molecular weight is 357 g/mol. The fourth-order valence-corrected chi connectivity index (χ4v) is 4.17. The van der Waals surface area contributed by atoms with E-state index in [1.165, 1.54) is 0 Å². The summed E-state index contributed by atoms with van der Waals surface area (Å²) in [6.45, 7) is 4.68. The molecule has 0 unspecified atom stereocenters. The fourth-order valence-electron chi connectivity index (χ4n) is 4.17. The molecule has 1 amide bonds. The third-order valence-electron chi connectivity index (χ3n) is 5.31. The highest BCUT2D eigenvalue weighted by Crippen LogP contribution is 2.53. The second-order valence-electron chi connectivity index (χ2n) is 7.52. The van der Waals surface area contributed by atoms with E-state index in [9.17, 15) is 9.59 Å². The van der Waals surface area contributed by atoms with E-state index in [1.54, 1.807) is 12.0 Å². The van der Waals surface area contributed by atoms with Gasteiger partial charge in [0.25, 0.3) is 0 Å². The molecule has 1 aromatic rings. The van der Waals surface area contributed by atoms with Gasteiger partial charge in [0.2, 0.25) is 5.91 Å². The summed E-state index contributed by atoms with van der Waals surface area (Å²) < 4.78 is 16.9. The van der Waals surface area contributed by atoms with Crippen LogP contribution < -0.4 is 9.64 Å². The molecule has 0 saturated carbocycles. The number of esters is 1. The van der Waals surface area contributed by atoms with Gasteiger partial charge in [-0.15, -0.1) is 0 Å². The number of methoxy groups -OCH3 is 1. The number of carbonyl (C=O) groups is 2. The lowest BCUT2D eigenvalue weighted by molar-refractivity contribution is -0.153. The predicted octanol–water partition coefficient (Wildman–Crippen LogP) is 2.18. The monoisotopic (exact) mass is 357 g/mol. The van der Waals surface area contributed by atoms with Crippen LogP contribution >= 0.6 is 0 Å². The van der Waals surface area contributed by atoms with E-state index in [0.29, 0.717) is 24.6 Å². The minimum atomic E-state index is -0.760. The summed E-state index contributed by atoms with van der Waals surface area (Å²) in [6, 6.07) is 7.38. The van der Waals surface area contributed by atoms with Gasteiger partial charge in [-0.05, 0) is 18.1 Å². The Balaban J connectivity index is 1.64. The minimum absolute atomic E-state index is 0.118. The maximum Gasteiger partial charge on any atom is 0.312 e. The smallest absolute Gasteiger partial charge is 0.312 e. The van der Waals surface area contributed by atoms with Gasteiger partial charge in [0.05, 0.1) is 38.0 Å². The molecule has 4 atom stereocenters. The highest BCUT2D eigenvalue weighted by molar-refractivity contribution is 6.03. The summed E-state index contributed by atoms with van der Waals surface area (Å²) in [6.07, 6.45) is 3.43. The van der Waals surface area contributed by atoms with Crippen LogP contribution in [-0.2, 0) is 19.1 Å². The number of para-hydroxylation sites is 2. The Morgan fingerprint density at radius 1 is 1.38 bits per heavy atom. The summed E-state index contributed by atoms with van der Waals surface area (Å²) >= 11 is 0. The molecule has 4 rings (SSSR count). The van der Waals surface area contributed by atoms with E-state index in [4.69, 9.17) is 14.2 Å². The SMILES string of the molecule is COc1ccccc1N1C[C@@]23C=C[C@@H](O2)[C@@H](C(=O)OCC(C)C)[C@H]3C1=O.